The number of carbonyl (C=O) groups is 1. The van der Waals surface area contributed by atoms with E-state index < -0.39 is 23.9 Å². The van der Waals surface area contributed by atoms with E-state index in [1.165, 1.54) is 0 Å². The molecule has 0 aliphatic rings. The lowest BCUT2D eigenvalue weighted by Crippen LogP contribution is -2.17. The van der Waals surface area contributed by atoms with Gasteiger partial charge in [0.05, 0.1) is 0 Å². The van der Waals surface area contributed by atoms with Crippen molar-refractivity contribution in [1.29, 1.82) is 0 Å². The summed E-state index contributed by atoms with van der Waals surface area (Å²) in [7, 11) is 0. The summed E-state index contributed by atoms with van der Waals surface area (Å²) in [5.74, 6) is -2.21. The van der Waals surface area contributed by atoms with Crippen LogP contribution in [0.25, 0.3) is 0 Å². The van der Waals surface area contributed by atoms with E-state index in [1.54, 1.807) is 5.10 Å². The maximum atomic E-state index is 12.0. The molecular formula is C6H8F3N5O. The summed E-state index contributed by atoms with van der Waals surface area (Å²) in [5.41, 5.74) is 5.07. The van der Waals surface area contributed by atoms with Crippen molar-refractivity contribution in [1.82, 2.24) is 15.2 Å². The summed E-state index contributed by atoms with van der Waals surface area (Å²) in [4.78, 5) is 13.9. The fourth-order valence-corrected chi connectivity index (χ4v) is 0.763. The lowest BCUT2D eigenvalue weighted by atomic mass is 10.4. The Morgan fingerprint density at radius 3 is 2.67 bits per heavy atom. The van der Waals surface area contributed by atoms with Gasteiger partial charge < -0.3 is 5.73 Å². The zero-order valence-electron chi connectivity index (χ0n) is 7.43. The molecule has 1 aromatic rings. The van der Waals surface area contributed by atoms with Crippen LogP contribution in [0.4, 0.5) is 19.1 Å². The molecule has 0 saturated carbocycles. The van der Waals surface area contributed by atoms with Crippen LogP contribution in [0.1, 0.15) is 12.2 Å². The monoisotopic (exact) mass is 223 g/mol. The van der Waals surface area contributed by atoms with Crippen LogP contribution in [-0.4, -0.2) is 27.6 Å². The molecule has 0 spiro atoms. The number of carbonyl (C=O) groups excluding carboxylic acids is 1. The Labute approximate surface area is 82.1 Å². The van der Waals surface area contributed by atoms with E-state index in [2.05, 4.69) is 15.4 Å². The van der Waals surface area contributed by atoms with Gasteiger partial charge >= 0.3 is 6.18 Å². The number of nitrogens with zero attached hydrogens (tertiary/aromatic N) is 2. The number of hydrogen-bond donors (Lipinski definition) is 3. The Morgan fingerprint density at radius 2 is 2.20 bits per heavy atom. The SMILES string of the molecule is NCCC(=O)Nc1n[nH]c(C(F)(F)F)n1. The van der Waals surface area contributed by atoms with E-state index in [0.717, 1.165) is 0 Å². The summed E-state index contributed by atoms with van der Waals surface area (Å²) in [6.45, 7) is 0.0996. The Hall–Kier alpha value is -1.64. The fourth-order valence-electron chi connectivity index (χ4n) is 0.763. The van der Waals surface area contributed by atoms with Crippen LogP contribution in [-0.2, 0) is 11.0 Å². The Morgan fingerprint density at radius 1 is 1.53 bits per heavy atom. The van der Waals surface area contributed by atoms with Gasteiger partial charge in [-0.15, -0.1) is 5.10 Å². The first-order valence-electron chi connectivity index (χ1n) is 3.93. The highest BCUT2D eigenvalue weighted by Gasteiger charge is 2.35. The number of anilines is 1. The third-order valence-electron chi connectivity index (χ3n) is 1.38. The van der Waals surface area contributed by atoms with Crippen molar-refractivity contribution in [2.24, 2.45) is 5.73 Å². The van der Waals surface area contributed by atoms with Gasteiger partial charge in [-0.25, -0.2) is 0 Å². The molecule has 0 aliphatic carbocycles. The van der Waals surface area contributed by atoms with E-state index in [0.29, 0.717) is 0 Å². The van der Waals surface area contributed by atoms with Crippen LogP contribution < -0.4 is 11.1 Å². The molecule has 0 aromatic carbocycles. The molecule has 9 heteroatoms. The topological polar surface area (TPSA) is 96.7 Å². The van der Waals surface area contributed by atoms with Crippen LogP contribution in [0.2, 0.25) is 0 Å². The maximum absolute atomic E-state index is 12.0. The number of amides is 1. The first kappa shape index (κ1) is 11.4. The molecule has 15 heavy (non-hydrogen) atoms. The van der Waals surface area contributed by atoms with Gasteiger partial charge in [-0.3, -0.25) is 15.2 Å². The average molecular weight is 223 g/mol. The zero-order chi connectivity index (χ0) is 11.5. The van der Waals surface area contributed by atoms with Crippen LogP contribution >= 0.6 is 0 Å². The molecule has 1 heterocycles. The number of alkyl halides is 3. The standard InChI is InChI=1S/C6H8F3N5O/c7-6(8,9)4-12-5(14-13-4)11-3(15)1-2-10/h1-2,10H2,(H2,11,12,13,14,15). The van der Waals surface area contributed by atoms with Crippen LogP contribution in [0.3, 0.4) is 0 Å². The van der Waals surface area contributed by atoms with Gasteiger partial charge in [-0.2, -0.15) is 18.2 Å². The van der Waals surface area contributed by atoms with Crippen LogP contribution in [0.15, 0.2) is 0 Å². The van der Waals surface area contributed by atoms with Crippen molar-refractivity contribution in [3.05, 3.63) is 5.82 Å². The third kappa shape index (κ3) is 3.20. The number of nitrogens with one attached hydrogen (secondary N) is 2. The second kappa shape index (κ2) is 4.26. The van der Waals surface area contributed by atoms with E-state index in [1.807, 2.05) is 0 Å². The van der Waals surface area contributed by atoms with Crippen molar-refractivity contribution < 1.29 is 18.0 Å². The van der Waals surface area contributed by atoms with Crippen molar-refractivity contribution in [3.63, 3.8) is 0 Å². The highest BCUT2D eigenvalue weighted by atomic mass is 19.4. The van der Waals surface area contributed by atoms with E-state index in [4.69, 9.17) is 5.73 Å². The zero-order valence-corrected chi connectivity index (χ0v) is 7.43. The van der Waals surface area contributed by atoms with E-state index in [9.17, 15) is 18.0 Å². The second-order valence-corrected chi connectivity index (χ2v) is 2.59. The van der Waals surface area contributed by atoms with Gasteiger partial charge in [0.1, 0.15) is 0 Å². The van der Waals surface area contributed by atoms with Crippen LogP contribution in [0, 0.1) is 0 Å². The molecule has 0 unspecified atom stereocenters. The molecule has 1 aromatic heterocycles. The highest BCUT2D eigenvalue weighted by Crippen LogP contribution is 2.26. The van der Waals surface area contributed by atoms with Gasteiger partial charge in [0.2, 0.25) is 17.7 Å². The van der Waals surface area contributed by atoms with Crippen molar-refractivity contribution in [2.75, 3.05) is 11.9 Å². The van der Waals surface area contributed by atoms with Crippen molar-refractivity contribution in [2.45, 2.75) is 12.6 Å². The maximum Gasteiger partial charge on any atom is 0.451 e. The minimum absolute atomic E-state index is 0.00408. The Bertz CT molecular complexity index is 347. The molecule has 0 bridgehead atoms. The summed E-state index contributed by atoms with van der Waals surface area (Å²) in [6, 6.07) is 0. The molecule has 1 rings (SSSR count). The number of halogens is 3. The van der Waals surface area contributed by atoms with E-state index >= 15 is 0 Å². The minimum Gasteiger partial charge on any atom is -0.330 e. The molecule has 84 valence electrons. The largest absolute Gasteiger partial charge is 0.451 e. The van der Waals surface area contributed by atoms with Gasteiger partial charge in [0, 0.05) is 13.0 Å². The normalized spacial score (nSPS) is 11.5. The molecule has 0 saturated heterocycles. The van der Waals surface area contributed by atoms with Gasteiger partial charge in [-0.1, -0.05) is 0 Å². The summed E-state index contributed by atoms with van der Waals surface area (Å²) in [6.07, 6.45) is -4.61. The van der Waals surface area contributed by atoms with Gasteiger partial charge in [0.25, 0.3) is 0 Å². The number of H-pyrrole nitrogens is 1. The predicted molar refractivity (Wildman–Crippen MR) is 43.7 cm³/mol. The molecule has 1 amide bonds. The van der Waals surface area contributed by atoms with Crippen molar-refractivity contribution >= 4 is 11.9 Å². The minimum atomic E-state index is -4.61. The van der Waals surface area contributed by atoms with Crippen molar-refractivity contribution in [3.8, 4) is 0 Å². The Kier molecular flexibility index (Phi) is 3.24. The number of aromatic amines is 1. The molecule has 0 aliphatic heterocycles. The van der Waals surface area contributed by atoms with Gasteiger partial charge in [0.15, 0.2) is 0 Å². The van der Waals surface area contributed by atoms with E-state index in [-0.39, 0.29) is 13.0 Å². The first-order chi connectivity index (χ1) is 6.93. The first-order valence-corrected chi connectivity index (χ1v) is 3.93. The lowest BCUT2D eigenvalue weighted by Gasteiger charge is -1.99. The number of nitrogens with two attached hydrogens (primary N) is 1. The van der Waals surface area contributed by atoms with Crippen LogP contribution in [0.5, 0.6) is 0 Å². The molecule has 0 fully saturated rings. The smallest absolute Gasteiger partial charge is 0.330 e. The number of aromatic nitrogens is 3. The fraction of sp³-hybridized carbons (Fsp3) is 0.500. The summed E-state index contributed by atoms with van der Waals surface area (Å²) in [5, 5.41) is 6.90. The number of hydrogen-bond acceptors (Lipinski definition) is 4. The summed E-state index contributed by atoms with van der Waals surface area (Å²) >= 11 is 0. The highest BCUT2D eigenvalue weighted by molar-refractivity contribution is 5.88. The summed E-state index contributed by atoms with van der Waals surface area (Å²) < 4.78 is 36.1. The quantitative estimate of drug-likeness (QED) is 0.677. The lowest BCUT2D eigenvalue weighted by molar-refractivity contribution is -0.144. The third-order valence-corrected chi connectivity index (χ3v) is 1.38. The molecule has 0 radical (unpaired) electrons. The molecule has 6 nitrogen and oxygen atoms in total. The second-order valence-electron chi connectivity index (χ2n) is 2.59. The average Bonchev–Trinajstić information content (AvgIpc) is 2.52. The predicted octanol–water partition coefficient (Wildman–Crippen LogP) is 0.111. The van der Waals surface area contributed by atoms with Gasteiger partial charge in [-0.05, 0) is 0 Å². The number of rotatable bonds is 3. The molecule has 0 atom stereocenters. The Balaban J connectivity index is 2.65. The molecular weight excluding hydrogens is 215 g/mol. The molecule has 4 N–H and O–H groups in total.